The van der Waals surface area contributed by atoms with Gasteiger partial charge in [-0.05, 0) is 43.3 Å². The van der Waals surface area contributed by atoms with E-state index in [1.807, 2.05) is 51.1 Å². The summed E-state index contributed by atoms with van der Waals surface area (Å²) in [5.41, 5.74) is 3.25. The van der Waals surface area contributed by atoms with Crippen molar-refractivity contribution < 1.29 is 4.74 Å². The van der Waals surface area contributed by atoms with E-state index < -0.39 is 0 Å². The van der Waals surface area contributed by atoms with Crippen LogP contribution in [0.25, 0.3) is 12.7 Å². The standard InChI is InChI=1S/C24H23NO.C2H6/c1-4-5-16-22-19(2)24(26-3)18-17-23(22)25(20-12-8-6-9-13-20)21-14-10-7-11-15-21;1-2/h4-18H,2H2,1,3H3;1-2H3/b5-4-,22-16+;. The lowest BCUT2D eigenvalue weighted by molar-refractivity contribution is 0.411. The highest BCUT2D eigenvalue weighted by atomic mass is 16.5. The van der Waals surface area contributed by atoms with E-state index in [0.29, 0.717) is 0 Å². The van der Waals surface area contributed by atoms with Gasteiger partial charge in [0.05, 0.1) is 12.8 Å². The van der Waals surface area contributed by atoms with E-state index in [1.54, 1.807) is 7.11 Å². The van der Waals surface area contributed by atoms with Crippen molar-refractivity contribution in [2.45, 2.75) is 20.8 Å². The third kappa shape index (κ3) is 4.72. The molecule has 0 atom stereocenters. The number of hydrogen-bond acceptors (Lipinski definition) is 2. The summed E-state index contributed by atoms with van der Waals surface area (Å²) in [4.78, 5) is 2.24. The molecule has 0 spiro atoms. The first-order valence-electron chi connectivity index (χ1n) is 9.65. The Morgan fingerprint density at radius 2 is 1.36 bits per heavy atom. The maximum Gasteiger partial charge on any atom is 0.126 e. The van der Waals surface area contributed by atoms with Crippen molar-refractivity contribution in [3.63, 3.8) is 0 Å². The lowest BCUT2D eigenvalue weighted by atomic mass is 10.1. The molecule has 0 heterocycles. The summed E-state index contributed by atoms with van der Waals surface area (Å²) in [7, 11) is 1.68. The highest BCUT2D eigenvalue weighted by Gasteiger charge is 2.14. The van der Waals surface area contributed by atoms with Gasteiger partial charge in [0.1, 0.15) is 5.75 Å². The molecule has 0 unspecified atom stereocenters. The van der Waals surface area contributed by atoms with Crippen molar-refractivity contribution in [3.8, 4) is 5.75 Å². The maximum absolute atomic E-state index is 5.49. The second kappa shape index (κ2) is 10.8. The van der Waals surface area contributed by atoms with E-state index in [0.717, 1.165) is 33.2 Å². The molecule has 0 amide bonds. The molecule has 0 bridgehead atoms. The molecular formula is C26H29NO. The Morgan fingerprint density at radius 3 is 1.82 bits per heavy atom. The molecule has 3 aromatic carbocycles. The summed E-state index contributed by atoms with van der Waals surface area (Å²) in [6, 6.07) is 24.8. The van der Waals surface area contributed by atoms with E-state index in [2.05, 4.69) is 72.2 Å². The molecule has 0 aliphatic heterocycles. The number of nitrogens with zero attached hydrogens (tertiary/aromatic N) is 1. The van der Waals surface area contributed by atoms with Gasteiger partial charge < -0.3 is 9.64 Å². The van der Waals surface area contributed by atoms with Gasteiger partial charge in [-0.15, -0.1) is 0 Å². The molecule has 2 nitrogen and oxygen atoms in total. The summed E-state index contributed by atoms with van der Waals surface area (Å²) in [6.45, 7) is 10.3. The summed E-state index contributed by atoms with van der Waals surface area (Å²) >= 11 is 0. The number of anilines is 3. The lowest BCUT2D eigenvalue weighted by Crippen LogP contribution is -2.30. The zero-order valence-corrected chi connectivity index (χ0v) is 17.2. The van der Waals surface area contributed by atoms with Crippen LogP contribution in [0.2, 0.25) is 0 Å². The van der Waals surface area contributed by atoms with Crippen molar-refractivity contribution in [1.29, 1.82) is 0 Å². The second-order valence-electron chi connectivity index (χ2n) is 5.88. The molecule has 0 aliphatic carbocycles. The minimum Gasteiger partial charge on any atom is -0.496 e. The van der Waals surface area contributed by atoms with E-state index in [4.69, 9.17) is 4.74 Å². The van der Waals surface area contributed by atoms with Gasteiger partial charge in [0.25, 0.3) is 0 Å². The van der Waals surface area contributed by atoms with Crippen molar-refractivity contribution in [2.75, 3.05) is 12.0 Å². The molecule has 0 saturated carbocycles. The molecule has 144 valence electrons. The molecule has 28 heavy (non-hydrogen) atoms. The van der Waals surface area contributed by atoms with E-state index in [9.17, 15) is 0 Å². The van der Waals surface area contributed by atoms with Crippen LogP contribution in [0, 0.1) is 0 Å². The normalized spacial score (nSPS) is 11.1. The van der Waals surface area contributed by atoms with Gasteiger partial charge in [0, 0.05) is 21.8 Å². The molecule has 0 fully saturated rings. The van der Waals surface area contributed by atoms with Crippen LogP contribution in [-0.4, -0.2) is 7.11 Å². The molecule has 0 N–H and O–H groups in total. The molecule has 0 radical (unpaired) electrons. The Labute approximate surface area is 168 Å². The topological polar surface area (TPSA) is 12.5 Å². The Hall–Kier alpha value is -3.26. The number of para-hydroxylation sites is 2. The van der Waals surface area contributed by atoms with Gasteiger partial charge in [0.15, 0.2) is 0 Å². The van der Waals surface area contributed by atoms with Crippen LogP contribution < -0.4 is 20.1 Å². The summed E-state index contributed by atoms with van der Waals surface area (Å²) in [5.74, 6) is 0.783. The summed E-state index contributed by atoms with van der Waals surface area (Å²) < 4.78 is 5.49. The number of ether oxygens (including phenoxy) is 1. The fourth-order valence-corrected chi connectivity index (χ4v) is 2.98. The van der Waals surface area contributed by atoms with Crippen LogP contribution in [0.5, 0.6) is 5.75 Å². The van der Waals surface area contributed by atoms with Gasteiger partial charge in [0.2, 0.25) is 0 Å². The van der Waals surface area contributed by atoms with Crippen molar-refractivity contribution >= 4 is 29.7 Å². The molecule has 0 saturated heterocycles. The van der Waals surface area contributed by atoms with E-state index in [1.165, 1.54) is 0 Å². The lowest BCUT2D eigenvalue weighted by Gasteiger charge is -2.26. The molecule has 3 aromatic rings. The zero-order valence-electron chi connectivity index (χ0n) is 17.2. The molecular weight excluding hydrogens is 342 g/mol. The first-order chi connectivity index (χ1) is 13.8. The minimum atomic E-state index is 0.783. The van der Waals surface area contributed by atoms with Crippen LogP contribution in [0.3, 0.4) is 0 Å². The second-order valence-corrected chi connectivity index (χ2v) is 5.88. The Balaban J connectivity index is 0.00000136. The summed E-state index contributed by atoms with van der Waals surface area (Å²) in [6.07, 6.45) is 6.12. The third-order valence-electron chi connectivity index (χ3n) is 4.24. The Bertz CT molecular complexity index is 952. The third-order valence-corrected chi connectivity index (χ3v) is 4.24. The molecule has 3 rings (SSSR count). The highest BCUT2D eigenvalue weighted by Crippen LogP contribution is 2.32. The first-order valence-corrected chi connectivity index (χ1v) is 9.65. The quantitative estimate of drug-likeness (QED) is 0.549. The zero-order chi connectivity index (χ0) is 20.4. The van der Waals surface area contributed by atoms with Crippen LogP contribution in [-0.2, 0) is 0 Å². The van der Waals surface area contributed by atoms with Crippen LogP contribution in [0.4, 0.5) is 17.1 Å². The monoisotopic (exact) mass is 371 g/mol. The number of allylic oxidation sites excluding steroid dienone is 2. The number of methoxy groups -OCH3 is 1. The van der Waals surface area contributed by atoms with Crippen molar-refractivity contribution in [3.05, 3.63) is 95.4 Å². The van der Waals surface area contributed by atoms with Crippen molar-refractivity contribution in [1.82, 2.24) is 0 Å². The average Bonchev–Trinajstić information content (AvgIpc) is 2.76. The largest absolute Gasteiger partial charge is 0.496 e. The van der Waals surface area contributed by atoms with Crippen LogP contribution >= 0.6 is 0 Å². The van der Waals surface area contributed by atoms with Gasteiger partial charge in [-0.1, -0.05) is 75.1 Å². The summed E-state index contributed by atoms with van der Waals surface area (Å²) in [5, 5.41) is 1.91. The molecule has 0 aliphatic rings. The highest BCUT2D eigenvalue weighted by molar-refractivity contribution is 5.78. The van der Waals surface area contributed by atoms with Crippen LogP contribution in [0.1, 0.15) is 20.8 Å². The van der Waals surface area contributed by atoms with Gasteiger partial charge in [-0.2, -0.15) is 0 Å². The predicted octanol–water partition coefficient (Wildman–Crippen LogP) is 5.96. The Morgan fingerprint density at radius 1 is 0.821 bits per heavy atom. The maximum atomic E-state index is 5.49. The van der Waals surface area contributed by atoms with E-state index in [-0.39, 0.29) is 0 Å². The number of rotatable bonds is 5. The fraction of sp³-hybridized carbons (Fsp3) is 0.154. The first kappa shape index (κ1) is 21.0. The van der Waals surface area contributed by atoms with Gasteiger partial charge in [-0.25, -0.2) is 0 Å². The SMILES string of the molecule is C=c1c(OC)ccc(N(c2ccccc2)c2ccccc2)/c1=C/C=C\C.CC. The number of benzene rings is 3. The van der Waals surface area contributed by atoms with Gasteiger partial charge in [-0.3, -0.25) is 0 Å². The van der Waals surface area contributed by atoms with Gasteiger partial charge >= 0.3 is 0 Å². The van der Waals surface area contributed by atoms with E-state index >= 15 is 0 Å². The number of hydrogen-bond donors (Lipinski definition) is 0. The van der Waals surface area contributed by atoms with Crippen molar-refractivity contribution in [2.24, 2.45) is 0 Å². The average molecular weight is 372 g/mol. The molecule has 0 aromatic heterocycles. The fourth-order valence-electron chi connectivity index (χ4n) is 2.98. The minimum absolute atomic E-state index is 0.783. The predicted molar refractivity (Wildman–Crippen MR) is 123 cm³/mol. The molecule has 2 heteroatoms. The van der Waals surface area contributed by atoms with Crippen LogP contribution in [0.15, 0.2) is 84.9 Å². The smallest absolute Gasteiger partial charge is 0.126 e. The Kier molecular flexibility index (Phi) is 8.11.